The van der Waals surface area contributed by atoms with E-state index in [-0.39, 0.29) is 11.9 Å². The van der Waals surface area contributed by atoms with Gasteiger partial charge in [0.2, 0.25) is 0 Å². The molecule has 2 saturated carbocycles. The third kappa shape index (κ3) is 4.16. The van der Waals surface area contributed by atoms with Crippen molar-refractivity contribution in [3.8, 4) is 0 Å². The molecule has 1 N–H and O–H groups in total. The normalized spacial score (nSPS) is 26.1. The number of ether oxygens (including phenoxy) is 1. The first-order chi connectivity index (χ1) is 11.7. The maximum absolute atomic E-state index is 12.3. The van der Waals surface area contributed by atoms with Crippen LogP contribution in [0.1, 0.15) is 51.0 Å². The molecule has 4 atom stereocenters. The molecule has 1 amide bonds. The molecule has 0 aliphatic heterocycles. The van der Waals surface area contributed by atoms with Crippen molar-refractivity contribution in [1.29, 1.82) is 0 Å². The minimum Gasteiger partial charge on any atom is -0.452 e. The highest BCUT2D eigenvalue weighted by atomic mass is 16.5. The van der Waals surface area contributed by atoms with Crippen LogP contribution >= 0.6 is 0 Å². The summed E-state index contributed by atoms with van der Waals surface area (Å²) in [4.78, 5) is 24.5. The minimum absolute atomic E-state index is 0.206. The van der Waals surface area contributed by atoms with Gasteiger partial charge in [0, 0.05) is 13.0 Å². The number of hydrogen-bond acceptors (Lipinski definition) is 3. The monoisotopic (exact) mass is 329 g/mol. The van der Waals surface area contributed by atoms with E-state index in [2.05, 4.69) is 5.32 Å². The number of benzene rings is 1. The molecule has 4 unspecified atom stereocenters. The highest BCUT2D eigenvalue weighted by Crippen LogP contribution is 2.49. The molecule has 1 aromatic rings. The van der Waals surface area contributed by atoms with Crippen molar-refractivity contribution < 1.29 is 14.3 Å². The Balaban J connectivity index is 1.44. The highest BCUT2D eigenvalue weighted by molar-refractivity contribution is 5.83. The fourth-order valence-electron chi connectivity index (χ4n) is 4.27. The van der Waals surface area contributed by atoms with Crippen molar-refractivity contribution >= 4 is 11.9 Å². The van der Waals surface area contributed by atoms with E-state index in [0.29, 0.717) is 31.2 Å². The lowest BCUT2D eigenvalue weighted by atomic mass is 9.86. The zero-order chi connectivity index (χ0) is 16.9. The Morgan fingerprint density at radius 2 is 2.00 bits per heavy atom. The van der Waals surface area contributed by atoms with Crippen LogP contribution in [0.25, 0.3) is 0 Å². The molecule has 2 aliphatic rings. The van der Waals surface area contributed by atoms with Gasteiger partial charge in [-0.15, -0.1) is 0 Å². The smallest absolute Gasteiger partial charge is 0.306 e. The predicted octanol–water partition coefficient (Wildman–Crippen LogP) is 3.45. The molecule has 0 spiro atoms. The molecule has 0 radical (unpaired) electrons. The van der Waals surface area contributed by atoms with Gasteiger partial charge in [-0.1, -0.05) is 43.7 Å². The Morgan fingerprint density at radius 3 is 2.62 bits per heavy atom. The van der Waals surface area contributed by atoms with Crippen LogP contribution in [-0.2, 0) is 20.9 Å². The number of rotatable bonds is 7. The number of amides is 1. The summed E-state index contributed by atoms with van der Waals surface area (Å²) < 4.78 is 5.47. The maximum Gasteiger partial charge on any atom is 0.306 e. The van der Waals surface area contributed by atoms with Crippen LogP contribution in [0.2, 0.25) is 0 Å². The van der Waals surface area contributed by atoms with Crippen molar-refractivity contribution in [2.45, 2.75) is 58.1 Å². The first-order valence-electron chi connectivity index (χ1n) is 9.16. The standard InChI is InChI=1S/C20H27NO3/c1-2-18(20(23)21-13-14-6-4-3-5-7-14)24-19(22)12-17-11-15-8-9-16(17)10-15/h3-7,15-18H,2,8-13H2,1H3,(H,21,23). The predicted molar refractivity (Wildman–Crippen MR) is 92.0 cm³/mol. The van der Waals surface area contributed by atoms with Crippen LogP contribution in [0.3, 0.4) is 0 Å². The second kappa shape index (κ2) is 7.82. The summed E-state index contributed by atoms with van der Waals surface area (Å²) in [7, 11) is 0. The molecular weight excluding hydrogens is 302 g/mol. The quantitative estimate of drug-likeness (QED) is 0.780. The summed E-state index contributed by atoms with van der Waals surface area (Å²) in [6, 6.07) is 9.74. The number of nitrogens with one attached hydrogen (secondary N) is 1. The summed E-state index contributed by atoms with van der Waals surface area (Å²) >= 11 is 0. The summed E-state index contributed by atoms with van der Waals surface area (Å²) in [5.74, 6) is 1.58. The van der Waals surface area contributed by atoms with Crippen molar-refractivity contribution in [3.63, 3.8) is 0 Å². The number of hydrogen-bond donors (Lipinski definition) is 1. The molecule has 0 saturated heterocycles. The zero-order valence-electron chi connectivity index (χ0n) is 14.4. The van der Waals surface area contributed by atoms with Crippen molar-refractivity contribution in [1.82, 2.24) is 5.32 Å². The lowest BCUT2D eigenvalue weighted by Crippen LogP contribution is -2.37. The van der Waals surface area contributed by atoms with Crippen LogP contribution in [0.4, 0.5) is 0 Å². The lowest BCUT2D eigenvalue weighted by molar-refractivity contribution is -0.157. The van der Waals surface area contributed by atoms with Gasteiger partial charge in [-0.3, -0.25) is 9.59 Å². The first-order valence-corrected chi connectivity index (χ1v) is 9.16. The Morgan fingerprint density at radius 1 is 1.21 bits per heavy atom. The van der Waals surface area contributed by atoms with E-state index in [9.17, 15) is 9.59 Å². The van der Waals surface area contributed by atoms with Gasteiger partial charge in [0.15, 0.2) is 6.10 Å². The van der Waals surface area contributed by atoms with Crippen LogP contribution < -0.4 is 5.32 Å². The van der Waals surface area contributed by atoms with Gasteiger partial charge in [0.05, 0.1) is 0 Å². The van der Waals surface area contributed by atoms with Crippen LogP contribution in [0, 0.1) is 17.8 Å². The molecule has 24 heavy (non-hydrogen) atoms. The Bertz CT molecular complexity index is 572. The fourth-order valence-corrected chi connectivity index (χ4v) is 4.27. The third-order valence-electron chi connectivity index (χ3n) is 5.56. The van der Waals surface area contributed by atoms with Gasteiger partial charge in [0.25, 0.3) is 5.91 Å². The van der Waals surface area contributed by atoms with Gasteiger partial charge in [-0.05, 0) is 49.0 Å². The maximum atomic E-state index is 12.3. The van der Waals surface area contributed by atoms with E-state index in [1.165, 1.54) is 19.3 Å². The molecule has 2 aliphatic carbocycles. The molecular formula is C20H27NO3. The first kappa shape index (κ1) is 17.0. The van der Waals surface area contributed by atoms with E-state index in [1.54, 1.807) is 0 Å². The van der Waals surface area contributed by atoms with Gasteiger partial charge >= 0.3 is 5.97 Å². The van der Waals surface area contributed by atoms with Crippen molar-refractivity contribution in [3.05, 3.63) is 35.9 Å². The highest BCUT2D eigenvalue weighted by Gasteiger charge is 2.40. The Labute approximate surface area is 144 Å². The zero-order valence-corrected chi connectivity index (χ0v) is 14.4. The molecule has 0 aromatic heterocycles. The van der Waals surface area contributed by atoms with E-state index in [1.807, 2.05) is 37.3 Å². The lowest BCUT2D eigenvalue weighted by Gasteiger charge is -2.22. The summed E-state index contributed by atoms with van der Waals surface area (Å²) in [5.41, 5.74) is 1.04. The third-order valence-corrected chi connectivity index (χ3v) is 5.56. The molecule has 0 heterocycles. The average Bonchev–Trinajstić information content (AvgIpc) is 3.21. The Kier molecular flexibility index (Phi) is 5.54. The van der Waals surface area contributed by atoms with Crippen LogP contribution in [0.15, 0.2) is 30.3 Å². The number of esters is 1. The molecule has 3 rings (SSSR count). The topological polar surface area (TPSA) is 55.4 Å². The van der Waals surface area contributed by atoms with Gasteiger partial charge in [-0.2, -0.15) is 0 Å². The van der Waals surface area contributed by atoms with E-state index in [0.717, 1.165) is 17.9 Å². The van der Waals surface area contributed by atoms with E-state index >= 15 is 0 Å². The summed E-state index contributed by atoms with van der Waals surface area (Å²) in [6.07, 6.45) is 5.34. The fraction of sp³-hybridized carbons (Fsp3) is 0.600. The SMILES string of the molecule is CCC(OC(=O)CC1CC2CCC1C2)C(=O)NCc1ccccc1. The molecule has 4 nitrogen and oxygen atoms in total. The average molecular weight is 329 g/mol. The van der Waals surface area contributed by atoms with Gasteiger partial charge in [0.1, 0.15) is 0 Å². The molecule has 130 valence electrons. The number of carbonyl (C=O) groups is 2. The second-order valence-corrected chi connectivity index (χ2v) is 7.23. The molecule has 4 heteroatoms. The van der Waals surface area contributed by atoms with E-state index < -0.39 is 6.10 Å². The minimum atomic E-state index is -0.681. The summed E-state index contributed by atoms with van der Waals surface area (Å²) in [6.45, 7) is 2.33. The number of fused-ring (bicyclic) bond motifs is 2. The molecule has 2 bridgehead atoms. The second-order valence-electron chi connectivity index (χ2n) is 7.23. The van der Waals surface area contributed by atoms with Crippen LogP contribution in [-0.4, -0.2) is 18.0 Å². The van der Waals surface area contributed by atoms with E-state index in [4.69, 9.17) is 4.74 Å². The van der Waals surface area contributed by atoms with Gasteiger partial charge in [-0.25, -0.2) is 0 Å². The largest absolute Gasteiger partial charge is 0.452 e. The van der Waals surface area contributed by atoms with Crippen LogP contribution in [0.5, 0.6) is 0 Å². The van der Waals surface area contributed by atoms with Gasteiger partial charge < -0.3 is 10.1 Å². The molecule has 1 aromatic carbocycles. The number of carbonyl (C=O) groups excluding carboxylic acids is 2. The van der Waals surface area contributed by atoms with Crippen molar-refractivity contribution in [2.24, 2.45) is 17.8 Å². The van der Waals surface area contributed by atoms with Crippen molar-refractivity contribution in [2.75, 3.05) is 0 Å². The summed E-state index contributed by atoms with van der Waals surface area (Å²) in [5, 5.41) is 2.86. The Hall–Kier alpha value is -1.84. The molecule has 2 fully saturated rings.